The molecule has 1 aromatic heterocycles. The lowest BCUT2D eigenvalue weighted by Crippen LogP contribution is -2.49. The van der Waals surface area contributed by atoms with Gasteiger partial charge in [-0.15, -0.1) is 0 Å². The lowest BCUT2D eigenvalue weighted by molar-refractivity contribution is 0.0473. The van der Waals surface area contributed by atoms with Gasteiger partial charge in [-0.25, -0.2) is 4.79 Å². The third-order valence-corrected chi connectivity index (χ3v) is 4.20. The Labute approximate surface area is 144 Å². The molecule has 1 fully saturated rings. The number of hydrogen-bond donors (Lipinski definition) is 1. The van der Waals surface area contributed by atoms with Crippen LogP contribution in [0.5, 0.6) is 0 Å². The van der Waals surface area contributed by atoms with Crippen molar-refractivity contribution in [3.05, 3.63) is 22.4 Å². The van der Waals surface area contributed by atoms with Crippen LogP contribution in [0.1, 0.15) is 44.5 Å². The maximum absolute atomic E-state index is 12.0. The molecule has 0 aliphatic carbocycles. The fourth-order valence-electron chi connectivity index (χ4n) is 2.67. The van der Waals surface area contributed by atoms with Crippen LogP contribution in [0.25, 0.3) is 0 Å². The quantitative estimate of drug-likeness (QED) is 0.811. The molecule has 0 bridgehead atoms. The normalized spacial score (nSPS) is 21.2. The van der Waals surface area contributed by atoms with E-state index in [4.69, 9.17) is 4.74 Å². The van der Waals surface area contributed by atoms with E-state index < -0.39 is 17.2 Å². The summed E-state index contributed by atoms with van der Waals surface area (Å²) in [6, 6.07) is 0. The lowest BCUT2D eigenvalue weighted by Gasteiger charge is -2.29. The zero-order valence-electron chi connectivity index (χ0n) is 13.9. The molecule has 0 radical (unpaired) electrons. The summed E-state index contributed by atoms with van der Waals surface area (Å²) < 4.78 is 6.10. The van der Waals surface area contributed by atoms with Crippen molar-refractivity contribution in [3.63, 3.8) is 0 Å². The van der Waals surface area contributed by atoms with Gasteiger partial charge in [0.05, 0.1) is 21.3 Å². The summed E-state index contributed by atoms with van der Waals surface area (Å²) in [7, 11) is 0. The third-order valence-electron chi connectivity index (χ3n) is 3.62. The molecule has 1 N–H and O–H groups in total. The number of alkyl carbamates (subject to hydrolysis) is 1. The van der Waals surface area contributed by atoms with E-state index >= 15 is 0 Å². The van der Waals surface area contributed by atoms with Gasteiger partial charge in [-0.1, -0.05) is 0 Å². The number of halogens is 1. The average Bonchev–Trinajstić information content (AvgIpc) is 2.77. The highest BCUT2D eigenvalue weighted by Gasteiger charge is 2.37. The molecule has 0 spiro atoms. The molecule has 1 aliphatic heterocycles. The van der Waals surface area contributed by atoms with Crippen LogP contribution in [-0.2, 0) is 4.74 Å². The van der Waals surface area contributed by atoms with Crippen molar-refractivity contribution in [2.75, 3.05) is 18.0 Å². The molecule has 0 saturated carbocycles. The van der Waals surface area contributed by atoms with Crippen molar-refractivity contribution >= 4 is 34.0 Å². The van der Waals surface area contributed by atoms with Crippen LogP contribution in [0, 0.1) is 0 Å². The number of carbonyl (C=O) groups excluding carboxylic acids is 2. The van der Waals surface area contributed by atoms with Crippen LogP contribution in [0.3, 0.4) is 0 Å². The number of nitrogens with zero attached hydrogens (tertiary/aromatic N) is 2. The summed E-state index contributed by atoms with van der Waals surface area (Å²) in [6.07, 6.45) is 4.35. The van der Waals surface area contributed by atoms with Crippen LogP contribution in [-0.4, -0.2) is 41.6 Å². The first-order chi connectivity index (χ1) is 10.6. The van der Waals surface area contributed by atoms with E-state index in [0.717, 1.165) is 29.4 Å². The Morgan fingerprint density at radius 3 is 2.78 bits per heavy atom. The fourth-order valence-corrected chi connectivity index (χ4v) is 3.26. The fraction of sp³-hybridized carbons (Fsp3) is 0.562. The van der Waals surface area contributed by atoms with E-state index in [0.29, 0.717) is 12.1 Å². The van der Waals surface area contributed by atoms with E-state index in [1.54, 1.807) is 12.4 Å². The topological polar surface area (TPSA) is 71.5 Å². The highest BCUT2D eigenvalue weighted by atomic mass is 79.9. The Kier molecular flexibility index (Phi) is 4.98. The van der Waals surface area contributed by atoms with E-state index in [9.17, 15) is 9.59 Å². The first kappa shape index (κ1) is 17.7. The van der Waals surface area contributed by atoms with Gasteiger partial charge in [0.15, 0.2) is 6.29 Å². The van der Waals surface area contributed by atoms with Crippen LogP contribution >= 0.6 is 15.9 Å². The molecule has 2 heterocycles. The molecule has 126 valence electrons. The Bertz CT molecular complexity index is 615. The summed E-state index contributed by atoms with van der Waals surface area (Å²) in [5.41, 5.74) is 0.397. The molecule has 6 nitrogen and oxygen atoms in total. The summed E-state index contributed by atoms with van der Waals surface area (Å²) in [6.45, 7) is 8.80. The summed E-state index contributed by atoms with van der Waals surface area (Å²) in [5.74, 6) is 0. The summed E-state index contributed by atoms with van der Waals surface area (Å²) in [5, 5.41) is 2.95. The van der Waals surface area contributed by atoms with Crippen molar-refractivity contribution < 1.29 is 14.3 Å². The predicted molar refractivity (Wildman–Crippen MR) is 91.9 cm³/mol. The molecule has 1 saturated heterocycles. The molecule has 1 atom stereocenters. The monoisotopic (exact) mass is 383 g/mol. The zero-order valence-corrected chi connectivity index (χ0v) is 15.4. The third kappa shape index (κ3) is 4.43. The molecule has 23 heavy (non-hydrogen) atoms. The van der Waals surface area contributed by atoms with E-state index in [2.05, 4.69) is 31.1 Å². The average molecular weight is 384 g/mol. The number of hydrogen-bond acceptors (Lipinski definition) is 5. The predicted octanol–water partition coefficient (Wildman–Crippen LogP) is 3.15. The zero-order chi connectivity index (χ0) is 17.3. The number of rotatable bonds is 3. The second kappa shape index (κ2) is 6.47. The molecule has 0 aromatic carbocycles. The second-order valence-corrected chi connectivity index (χ2v) is 7.89. The molecule has 1 aliphatic rings. The van der Waals surface area contributed by atoms with Gasteiger partial charge in [0.2, 0.25) is 0 Å². The van der Waals surface area contributed by atoms with Gasteiger partial charge in [-0.05, 0) is 50.0 Å². The minimum Gasteiger partial charge on any atom is -0.444 e. The van der Waals surface area contributed by atoms with Gasteiger partial charge in [0, 0.05) is 25.5 Å². The maximum Gasteiger partial charge on any atom is 0.408 e. The molecule has 1 amide bonds. The Morgan fingerprint density at radius 2 is 2.17 bits per heavy atom. The Morgan fingerprint density at radius 1 is 1.48 bits per heavy atom. The van der Waals surface area contributed by atoms with E-state index in [-0.39, 0.29) is 0 Å². The van der Waals surface area contributed by atoms with Gasteiger partial charge >= 0.3 is 6.09 Å². The minimum atomic E-state index is -0.530. The first-order valence-corrected chi connectivity index (χ1v) is 8.28. The number of anilines is 1. The molecular formula is C16H22BrN3O3. The lowest BCUT2D eigenvalue weighted by atomic mass is 10.0. The number of amides is 1. The van der Waals surface area contributed by atoms with Crippen molar-refractivity contribution in [2.24, 2.45) is 0 Å². The first-order valence-electron chi connectivity index (χ1n) is 7.48. The number of aromatic nitrogens is 1. The van der Waals surface area contributed by atoms with Crippen LogP contribution in [0.2, 0.25) is 0 Å². The molecular weight excluding hydrogens is 362 g/mol. The largest absolute Gasteiger partial charge is 0.444 e. The number of nitrogens with one attached hydrogen (secondary N) is 1. The van der Waals surface area contributed by atoms with Gasteiger partial charge < -0.3 is 15.0 Å². The van der Waals surface area contributed by atoms with E-state index in [1.807, 2.05) is 27.7 Å². The number of ether oxygens (including phenoxy) is 1. The Hall–Kier alpha value is -1.63. The second-order valence-electron chi connectivity index (χ2n) is 7.04. The SMILES string of the molecule is CC(C)(C)OC(=O)N[C@@]1(C)CCN(c2c(Br)cncc2C=O)C1. The summed E-state index contributed by atoms with van der Waals surface area (Å²) >= 11 is 3.45. The molecule has 0 unspecified atom stereocenters. The smallest absolute Gasteiger partial charge is 0.408 e. The molecule has 1 aromatic rings. The number of aldehydes is 1. The van der Waals surface area contributed by atoms with Gasteiger partial charge in [-0.2, -0.15) is 0 Å². The number of carbonyl (C=O) groups is 2. The standard InChI is InChI=1S/C16H22BrN3O3/c1-15(2,3)23-14(22)19-16(4)5-6-20(10-16)13-11(9-21)7-18-8-12(13)17/h7-9H,5-6,10H2,1-4H3,(H,19,22)/t16-/m0/s1. The highest BCUT2D eigenvalue weighted by Crippen LogP contribution is 2.34. The highest BCUT2D eigenvalue weighted by molar-refractivity contribution is 9.10. The van der Waals surface area contributed by atoms with Gasteiger partial charge in [-0.3, -0.25) is 9.78 Å². The van der Waals surface area contributed by atoms with E-state index in [1.165, 1.54) is 0 Å². The molecule has 7 heteroatoms. The molecule has 2 rings (SSSR count). The minimum absolute atomic E-state index is 0.412. The van der Waals surface area contributed by atoms with Crippen LogP contribution < -0.4 is 10.2 Å². The Balaban J connectivity index is 2.12. The van der Waals surface area contributed by atoms with Gasteiger partial charge in [0.25, 0.3) is 0 Å². The summed E-state index contributed by atoms with van der Waals surface area (Å²) in [4.78, 5) is 29.4. The van der Waals surface area contributed by atoms with Crippen LogP contribution in [0.15, 0.2) is 16.9 Å². The maximum atomic E-state index is 12.0. The van der Waals surface area contributed by atoms with Gasteiger partial charge in [0.1, 0.15) is 5.60 Å². The number of pyridine rings is 1. The van der Waals surface area contributed by atoms with Crippen molar-refractivity contribution in [1.29, 1.82) is 0 Å². The van der Waals surface area contributed by atoms with Crippen molar-refractivity contribution in [3.8, 4) is 0 Å². The van der Waals surface area contributed by atoms with Crippen molar-refractivity contribution in [1.82, 2.24) is 10.3 Å². The van der Waals surface area contributed by atoms with Crippen molar-refractivity contribution in [2.45, 2.75) is 45.3 Å². The van der Waals surface area contributed by atoms with Crippen LogP contribution in [0.4, 0.5) is 10.5 Å².